The van der Waals surface area contributed by atoms with Crippen molar-refractivity contribution in [2.75, 3.05) is 13.6 Å². The van der Waals surface area contributed by atoms with Crippen molar-refractivity contribution in [3.63, 3.8) is 0 Å². The van der Waals surface area contributed by atoms with E-state index in [4.69, 9.17) is 0 Å². The van der Waals surface area contributed by atoms with Crippen LogP contribution in [0.3, 0.4) is 0 Å². The highest BCUT2D eigenvalue weighted by molar-refractivity contribution is 7.87. The first-order valence-electron chi connectivity index (χ1n) is 4.35. The van der Waals surface area contributed by atoms with Crippen LogP contribution in [0.5, 0.6) is 0 Å². The molecule has 2 N–H and O–H groups in total. The molecule has 78 valence electrons. The smallest absolute Gasteiger partial charge is 0.279 e. The maximum Gasteiger partial charge on any atom is 0.279 e. The summed E-state index contributed by atoms with van der Waals surface area (Å²) in [4.78, 5) is 0. The molecule has 0 aromatic rings. The second-order valence-corrected chi connectivity index (χ2v) is 5.17. The molecule has 2 unspecified atom stereocenters. The molecule has 1 heterocycles. The van der Waals surface area contributed by atoms with Crippen molar-refractivity contribution in [3.8, 4) is 0 Å². The molecular weight excluding hydrogens is 192 g/mol. The Morgan fingerprint density at radius 2 is 2.15 bits per heavy atom. The molecule has 1 saturated heterocycles. The summed E-state index contributed by atoms with van der Waals surface area (Å²) in [6.07, 6.45) is 0.671. The van der Waals surface area contributed by atoms with Gasteiger partial charge in [-0.3, -0.25) is 0 Å². The molecule has 2 atom stereocenters. The lowest BCUT2D eigenvalue weighted by atomic mass is 10.0. The van der Waals surface area contributed by atoms with Gasteiger partial charge >= 0.3 is 0 Å². The summed E-state index contributed by atoms with van der Waals surface area (Å²) in [5.74, 6) is 0. The Balaban J connectivity index is 2.72. The van der Waals surface area contributed by atoms with Crippen molar-refractivity contribution in [3.05, 3.63) is 0 Å². The van der Waals surface area contributed by atoms with E-state index in [2.05, 4.69) is 4.72 Å². The highest BCUT2D eigenvalue weighted by atomic mass is 32.2. The number of hydrogen-bond acceptors (Lipinski definition) is 3. The zero-order valence-corrected chi connectivity index (χ0v) is 8.71. The summed E-state index contributed by atoms with van der Waals surface area (Å²) in [5.41, 5.74) is 0. The van der Waals surface area contributed by atoms with Crippen molar-refractivity contribution in [1.82, 2.24) is 9.03 Å². The van der Waals surface area contributed by atoms with Crippen molar-refractivity contribution in [1.29, 1.82) is 0 Å². The first-order valence-corrected chi connectivity index (χ1v) is 5.79. The lowest BCUT2D eigenvalue weighted by Crippen LogP contribution is -2.49. The van der Waals surface area contributed by atoms with Crippen molar-refractivity contribution in [2.45, 2.75) is 31.9 Å². The predicted molar refractivity (Wildman–Crippen MR) is 49.4 cm³/mol. The SMILES string of the molecule is CNS(=O)(=O)N1CCC(O)CC1C. The number of piperidine rings is 1. The fraction of sp³-hybridized carbons (Fsp3) is 1.00. The van der Waals surface area contributed by atoms with Crippen LogP contribution in [0, 0.1) is 0 Å². The minimum absolute atomic E-state index is 0.124. The van der Waals surface area contributed by atoms with Gasteiger partial charge in [0.2, 0.25) is 0 Å². The van der Waals surface area contributed by atoms with Crippen LogP contribution < -0.4 is 4.72 Å². The third-order valence-electron chi connectivity index (χ3n) is 2.35. The van der Waals surface area contributed by atoms with Gasteiger partial charge in [-0.1, -0.05) is 0 Å². The molecule has 1 fully saturated rings. The van der Waals surface area contributed by atoms with Crippen molar-refractivity contribution >= 4 is 10.2 Å². The van der Waals surface area contributed by atoms with Crippen molar-refractivity contribution < 1.29 is 13.5 Å². The third-order valence-corrected chi connectivity index (χ3v) is 4.03. The molecule has 0 amide bonds. The molecule has 0 aliphatic carbocycles. The second-order valence-electron chi connectivity index (χ2n) is 3.35. The topological polar surface area (TPSA) is 69.6 Å². The average Bonchev–Trinajstić information content (AvgIpc) is 2.03. The van der Waals surface area contributed by atoms with E-state index in [0.717, 1.165) is 0 Å². The Morgan fingerprint density at radius 3 is 2.62 bits per heavy atom. The van der Waals surface area contributed by atoms with E-state index in [-0.39, 0.29) is 12.1 Å². The maximum absolute atomic E-state index is 11.4. The van der Waals surface area contributed by atoms with Crippen LogP contribution in [0.15, 0.2) is 0 Å². The zero-order chi connectivity index (χ0) is 10.1. The van der Waals surface area contributed by atoms with E-state index in [1.807, 2.05) is 0 Å². The van der Waals surface area contributed by atoms with E-state index in [1.165, 1.54) is 11.4 Å². The summed E-state index contributed by atoms with van der Waals surface area (Å²) >= 11 is 0. The Bertz CT molecular complexity index is 265. The van der Waals surface area contributed by atoms with E-state index < -0.39 is 10.2 Å². The molecule has 1 aliphatic rings. The summed E-state index contributed by atoms with van der Waals surface area (Å²) in [6.45, 7) is 2.20. The van der Waals surface area contributed by atoms with Gasteiger partial charge in [-0.25, -0.2) is 4.72 Å². The van der Waals surface area contributed by atoms with E-state index >= 15 is 0 Å². The van der Waals surface area contributed by atoms with Crippen LogP contribution in [0.1, 0.15) is 19.8 Å². The molecular formula is C7H16N2O3S. The number of nitrogens with one attached hydrogen (secondary N) is 1. The Kier molecular flexibility index (Phi) is 3.28. The van der Waals surface area contributed by atoms with E-state index in [9.17, 15) is 13.5 Å². The van der Waals surface area contributed by atoms with Gasteiger partial charge in [-0.15, -0.1) is 0 Å². The molecule has 13 heavy (non-hydrogen) atoms. The van der Waals surface area contributed by atoms with Crippen molar-refractivity contribution in [2.24, 2.45) is 0 Å². The van der Waals surface area contributed by atoms with Crippen LogP contribution in [0.25, 0.3) is 0 Å². The second kappa shape index (κ2) is 3.91. The van der Waals surface area contributed by atoms with Gasteiger partial charge in [-0.05, 0) is 19.8 Å². The van der Waals surface area contributed by atoms with Crippen LogP contribution in [0.2, 0.25) is 0 Å². The van der Waals surface area contributed by atoms with Crippen LogP contribution in [0.4, 0.5) is 0 Å². The van der Waals surface area contributed by atoms with E-state index in [1.54, 1.807) is 6.92 Å². The van der Waals surface area contributed by atoms with Gasteiger partial charge in [0, 0.05) is 19.6 Å². The highest BCUT2D eigenvalue weighted by Crippen LogP contribution is 2.19. The largest absolute Gasteiger partial charge is 0.393 e. The van der Waals surface area contributed by atoms with Gasteiger partial charge in [0.25, 0.3) is 10.2 Å². The normalized spacial score (nSPS) is 31.9. The molecule has 6 heteroatoms. The molecule has 0 bridgehead atoms. The third kappa shape index (κ3) is 2.40. The minimum Gasteiger partial charge on any atom is -0.393 e. The molecule has 5 nitrogen and oxygen atoms in total. The van der Waals surface area contributed by atoms with Gasteiger partial charge in [0.15, 0.2) is 0 Å². The average molecular weight is 208 g/mol. The van der Waals surface area contributed by atoms with Crippen LogP contribution in [-0.2, 0) is 10.2 Å². The number of aliphatic hydroxyl groups is 1. The highest BCUT2D eigenvalue weighted by Gasteiger charge is 2.31. The standard InChI is InChI=1S/C7H16N2O3S/c1-6-5-7(10)3-4-9(6)13(11,12)8-2/h6-8,10H,3-5H2,1-2H3. The number of hydrogen-bond donors (Lipinski definition) is 2. The Morgan fingerprint density at radius 1 is 1.54 bits per heavy atom. The molecule has 0 aromatic carbocycles. The predicted octanol–water partition coefficient (Wildman–Crippen LogP) is -0.704. The molecule has 1 rings (SSSR count). The Hall–Kier alpha value is -0.170. The quantitative estimate of drug-likeness (QED) is 0.630. The number of aliphatic hydroxyl groups excluding tert-OH is 1. The van der Waals surface area contributed by atoms with Gasteiger partial charge < -0.3 is 5.11 Å². The lowest BCUT2D eigenvalue weighted by molar-refractivity contribution is 0.0863. The lowest BCUT2D eigenvalue weighted by Gasteiger charge is -2.34. The first-order chi connectivity index (χ1) is 5.97. The summed E-state index contributed by atoms with van der Waals surface area (Å²) in [6, 6.07) is -0.124. The maximum atomic E-state index is 11.4. The Labute approximate surface area is 78.9 Å². The van der Waals surface area contributed by atoms with E-state index in [0.29, 0.717) is 19.4 Å². The van der Waals surface area contributed by atoms with Gasteiger partial charge in [0.1, 0.15) is 0 Å². The fourth-order valence-electron chi connectivity index (χ4n) is 1.60. The molecule has 0 aromatic heterocycles. The van der Waals surface area contributed by atoms with Gasteiger partial charge in [-0.2, -0.15) is 12.7 Å². The minimum atomic E-state index is -3.32. The number of rotatable bonds is 2. The van der Waals surface area contributed by atoms with Gasteiger partial charge in [0.05, 0.1) is 6.10 Å². The number of nitrogens with zero attached hydrogens (tertiary/aromatic N) is 1. The summed E-state index contributed by atoms with van der Waals surface area (Å²) < 4.78 is 26.5. The first kappa shape index (κ1) is 10.9. The molecule has 0 spiro atoms. The fourth-order valence-corrected chi connectivity index (χ4v) is 2.74. The molecule has 1 aliphatic heterocycles. The molecule has 0 saturated carbocycles. The summed E-state index contributed by atoms with van der Waals surface area (Å²) in [5, 5.41) is 9.29. The summed E-state index contributed by atoms with van der Waals surface area (Å²) in [7, 11) is -1.93. The zero-order valence-electron chi connectivity index (χ0n) is 7.90. The van der Waals surface area contributed by atoms with Crippen LogP contribution in [-0.4, -0.2) is 43.6 Å². The van der Waals surface area contributed by atoms with Crippen LogP contribution >= 0.6 is 0 Å². The monoisotopic (exact) mass is 208 g/mol. The molecule has 0 radical (unpaired) electrons.